The smallest absolute Gasteiger partial charge is 0.240 e. The van der Waals surface area contributed by atoms with Crippen LogP contribution in [0.5, 0.6) is 0 Å². The van der Waals surface area contributed by atoms with Crippen molar-refractivity contribution in [3.8, 4) is 0 Å². The molecule has 8 heteroatoms. The Morgan fingerprint density at radius 1 is 1.08 bits per heavy atom. The van der Waals surface area contributed by atoms with Crippen molar-refractivity contribution in [2.45, 2.75) is 11.4 Å². The van der Waals surface area contributed by atoms with Crippen molar-refractivity contribution in [3.05, 3.63) is 48.5 Å². The summed E-state index contributed by atoms with van der Waals surface area (Å²) in [5, 5.41) is 0. The van der Waals surface area contributed by atoms with E-state index in [1.807, 2.05) is 6.20 Å². The van der Waals surface area contributed by atoms with Gasteiger partial charge in [-0.3, -0.25) is 9.80 Å². The molecule has 1 aromatic carbocycles. The molecule has 1 aliphatic rings. The van der Waals surface area contributed by atoms with Gasteiger partial charge in [0.15, 0.2) is 0 Å². The molecule has 0 unspecified atom stereocenters. The number of rotatable bonds is 7. The molecule has 0 aliphatic carbocycles. The number of H-pyrrole nitrogens is 1. The van der Waals surface area contributed by atoms with Crippen LogP contribution in [0.3, 0.4) is 0 Å². The number of nitrogens with one attached hydrogen (secondary N) is 2. The Morgan fingerprint density at radius 3 is 2.46 bits per heavy atom. The van der Waals surface area contributed by atoms with Crippen LogP contribution in [-0.4, -0.2) is 67.5 Å². The summed E-state index contributed by atoms with van der Waals surface area (Å²) in [6.45, 7) is 5.79. The normalized spacial score (nSPS) is 17.2. The van der Waals surface area contributed by atoms with Crippen LogP contribution in [0.4, 0.5) is 0 Å². The summed E-state index contributed by atoms with van der Waals surface area (Å²) in [6, 6.07) is 8.48. The Labute approximate surface area is 142 Å². The van der Waals surface area contributed by atoms with Gasteiger partial charge in [-0.2, -0.15) is 0 Å². The van der Waals surface area contributed by atoms with E-state index >= 15 is 0 Å². The molecule has 0 spiro atoms. The van der Waals surface area contributed by atoms with E-state index in [0.29, 0.717) is 11.4 Å². The zero-order valence-corrected chi connectivity index (χ0v) is 14.4. The molecular formula is C16H23N5O2S. The molecule has 2 heterocycles. The second kappa shape index (κ2) is 7.89. The number of aromatic amines is 1. The lowest BCUT2D eigenvalue weighted by molar-refractivity contribution is 0.127. The minimum Gasteiger partial charge on any atom is -0.348 e. The highest BCUT2D eigenvalue weighted by Crippen LogP contribution is 2.08. The van der Waals surface area contributed by atoms with E-state index in [9.17, 15) is 8.42 Å². The minimum absolute atomic E-state index is 0.313. The van der Waals surface area contributed by atoms with E-state index < -0.39 is 10.0 Å². The van der Waals surface area contributed by atoms with Gasteiger partial charge in [-0.25, -0.2) is 18.1 Å². The molecule has 0 bridgehead atoms. The first-order valence-electron chi connectivity index (χ1n) is 8.11. The van der Waals surface area contributed by atoms with Crippen LogP contribution in [0.2, 0.25) is 0 Å². The molecule has 2 aromatic rings. The number of aromatic nitrogens is 2. The molecule has 24 heavy (non-hydrogen) atoms. The first-order chi connectivity index (χ1) is 11.6. The van der Waals surface area contributed by atoms with E-state index in [-0.39, 0.29) is 0 Å². The molecule has 130 valence electrons. The molecule has 0 atom stereocenters. The highest BCUT2D eigenvalue weighted by Gasteiger charge is 2.18. The number of imidazole rings is 1. The highest BCUT2D eigenvalue weighted by atomic mass is 32.2. The van der Waals surface area contributed by atoms with Crippen LogP contribution in [0, 0.1) is 0 Å². The minimum atomic E-state index is -3.41. The first kappa shape index (κ1) is 17.1. The summed E-state index contributed by atoms with van der Waals surface area (Å²) in [5.41, 5.74) is 0. The van der Waals surface area contributed by atoms with Crippen LogP contribution in [0.1, 0.15) is 5.82 Å². The van der Waals surface area contributed by atoms with Gasteiger partial charge in [0.25, 0.3) is 0 Å². The Balaban J connectivity index is 1.39. The van der Waals surface area contributed by atoms with Crippen molar-refractivity contribution in [2.24, 2.45) is 0 Å². The van der Waals surface area contributed by atoms with Crippen LogP contribution in [-0.2, 0) is 16.6 Å². The largest absolute Gasteiger partial charge is 0.348 e. The fourth-order valence-corrected chi connectivity index (χ4v) is 3.83. The Bertz CT molecular complexity index is 710. The summed E-state index contributed by atoms with van der Waals surface area (Å²) in [6.07, 6.45) is 3.61. The third-order valence-electron chi connectivity index (χ3n) is 4.17. The predicted octanol–water partition coefficient (Wildman–Crippen LogP) is 0.506. The Morgan fingerprint density at radius 2 is 1.79 bits per heavy atom. The lowest BCUT2D eigenvalue weighted by Gasteiger charge is -2.34. The van der Waals surface area contributed by atoms with E-state index in [1.165, 1.54) is 0 Å². The highest BCUT2D eigenvalue weighted by molar-refractivity contribution is 7.89. The van der Waals surface area contributed by atoms with E-state index in [0.717, 1.165) is 45.1 Å². The number of piperazine rings is 1. The quantitative estimate of drug-likeness (QED) is 0.761. The summed E-state index contributed by atoms with van der Waals surface area (Å²) < 4.78 is 27.0. The zero-order chi connectivity index (χ0) is 16.8. The van der Waals surface area contributed by atoms with Crippen molar-refractivity contribution in [1.29, 1.82) is 0 Å². The van der Waals surface area contributed by atoms with E-state index in [1.54, 1.807) is 36.5 Å². The molecule has 3 rings (SSSR count). The molecule has 1 aromatic heterocycles. The van der Waals surface area contributed by atoms with Crippen molar-refractivity contribution in [2.75, 3.05) is 39.3 Å². The number of hydrogen-bond acceptors (Lipinski definition) is 5. The fourth-order valence-electron chi connectivity index (χ4n) is 2.79. The van der Waals surface area contributed by atoms with Crippen LogP contribution in [0.15, 0.2) is 47.6 Å². The van der Waals surface area contributed by atoms with Gasteiger partial charge < -0.3 is 4.98 Å². The van der Waals surface area contributed by atoms with Gasteiger partial charge in [-0.15, -0.1) is 0 Å². The third-order valence-corrected chi connectivity index (χ3v) is 5.64. The van der Waals surface area contributed by atoms with Crippen molar-refractivity contribution in [3.63, 3.8) is 0 Å². The van der Waals surface area contributed by atoms with E-state index in [4.69, 9.17) is 0 Å². The molecule has 1 saturated heterocycles. The summed E-state index contributed by atoms with van der Waals surface area (Å²) >= 11 is 0. The van der Waals surface area contributed by atoms with Crippen LogP contribution < -0.4 is 4.72 Å². The lowest BCUT2D eigenvalue weighted by atomic mass is 10.3. The van der Waals surface area contributed by atoms with Crippen molar-refractivity contribution >= 4 is 10.0 Å². The molecule has 7 nitrogen and oxygen atoms in total. The SMILES string of the molecule is O=S(=O)(NCCN1CCN(Cc2ncc[nH]2)CC1)c1ccccc1. The standard InChI is InChI=1S/C16H23N5O2S/c22-24(23,15-4-2-1-3-5-15)19-8-9-20-10-12-21(13-11-20)14-16-17-6-7-18-16/h1-7,19H,8-14H2,(H,17,18). The van der Waals surface area contributed by atoms with Gasteiger partial charge >= 0.3 is 0 Å². The molecule has 1 fully saturated rings. The average Bonchev–Trinajstić information content (AvgIpc) is 3.10. The van der Waals surface area contributed by atoms with Gasteiger partial charge in [0.1, 0.15) is 5.82 Å². The van der Waals surface area contributed by atoms with Gasteiger partial charge in [0.05, 0.1) is 11.4 Å². The van der Waals surface area contributed by atoms with Gasteiger partial charge in [-0.05, 0) is 12.1 Å². The van der Waals surface area contributed by atoms with Crippen molar-refractivity contribution in [1.82, 2.24) is 24.5 Å². The van der Waals surface area contributed by atoms with Crippen molar-refractivity contribution < 1.29 is 8.42 Å². The van der Waals surface area contributed by atoms with Gasteiger partial charge in [0, 0.05) is 51.7 Å². The maximum Gasteiger partial charge on any atom is 0.240 e. The molecule has 1 aliphatic heterocycles. The molecule has 0 amide bonds. The van der Waals surface area contributed by atoms with Crippen LogP contribution >= 0.6 is 0 Å². The second-order valence-electron chi connectivity index (χ2n) is 5.86. The topological polar surface area (TPSA) is 81.3 Å². The summed E-state index contributed by atoms with van der Waals surface area (Å²) in [4.78, 5) is 12.3. The summed E-state index contributed by atoms with van der Waals surface area (Å²) in [7, 11) is -3.41. The number of hydrogen-bond donors (Lipinski definition) is 2. The zero-order valence-electron chi connectivity index (χ0n) is 13.6. The Kier molecular flexibility index (Phi) is 5.62. The third kappa shape index (κ3) is 4.64. The van der Waals surface area contributed by atoms with Gasteiger partial charge in [-0.1, -0.05) is 18.2 Å². The second-order valence-corrected chi connectivity index (χ2v) is 7.63. The predicted molar refractivity (Wildman–Crippen MR) is 91.9 cm³/mol. The van der Waals surface area contributed by atoms with Crippen LogP contribution in [0.25, 0.3) is 0 Å². The molecular weight excluding hydrogens is 326 g/mol. The van der Waals surface area contributed by atoms with Gasteiger partial charge in [0.2, 0.25) is 10.0 Å². The summed E-state index contributed by atoms with van der Waals surface area (Å²) in [5.74, 6) is 0.985. The number of nitrogens with zero attached hydrogens (tertiary/aromatic N) is 3. The monoisotopic (exact) mass is 349 g/mol. The maximum absolute atomic E-state index is 12.2. The molecule has 0 saturated carbocycles. The fraction of sp³-hybridized carbons (Fsp3) is 0.438. The lowest BCUT2D eigenvalue weighted by Crippen LogP contribution is -2.48. The maximum atomic E-state index is 12.2. The van der Waals surface area contributed by atoms with E-state index in [2.05, 4.69) is 24.5 Å². The number of sulfonamides is 1. The first-order valence-corrected chi connectivity index (χ1v) is 9.59. The molecule has 0 radical (unpaired) electrons. The molecule has 2 N–H and O–H groups in total. The average molecular weight is 349 g/mol. The number of benzene rings is 1. The Hall–Kier alpha value is -1.74.